The Hall–Kier alpha value is -3.03. The fourth-order valence-corrected chi connectivity index (χ4v) is 5.95. The molecule has 172 valence electrons. The van der Waals surface area contributed by atoms with Crippen LogP contribution in [0.25, 0.3) is 0 Å². The van der Waals surface area contributed by atoms with E-state index in [1.54, 1.807) is 47.4 Å². The molecular formula is C25H25ClN2O4S. The number of alkyl halides is 1. The van der Waals surface area contributed by atoms with Gasteiger partial charge >= 0.3 is 0 Å². The fraction of sp³-hybridized carbons (Fsp3) is 0.240. The number of sulfonamides is 1. The van der Waals surface area contributed by atoms with Gasteiger partial charge in [0.05, 0.1) is 29.3 Å². The highest BCUT2D eigenvalue weighted by molar-refractivity contribution is 7.92. The molecule has 0 saturated carbocycles. The predicted octanol–water partition coefficient (Wildman–Crippen LogP) is 4.46. The molecule has 33 heavy (non-hydrogen) atoms. The number of methoxy groups -OCH3 is 1. The monoisotopic (exact) mass is 484 g/mol. The number of benzene rings is 3. The summed E-state index contributed by atoms with van der Waals surface area (Å²) in [4.78, 5) is 15.4. The van der Waals surface area contributed by atoms with Crippen molar-refractivity contribution in [3.05, 3.63) is 89.5 Å². The molecule has 4 rings (SSSR count). The molecule has 3 aromatic carbocycles. The summed E-state index contributed by atoms with van der Waals surface area (Å²) < 4.78 is 34.3. The van der Waals surface area contributed by atoms with Gasteiger partial charge in [0, 0.05) is 25.0 Å². The lowest BCUT2D eigenvalue weighted by atomic mass is 10.1. The summed E-state index contributed by atoms with van der Waals surface area (Å²) in [6.07, 6.45) is 0. The lowest BCUT2D eigenvalue weighted by Gasteiger charge is -2.32. The van der Waals surface area contributed by atoms with Gasteiger partial charge in [0.25, 0.3) is 15.9 Å². The van der Waals surface area contributed by atoms with E-state index in [0.29, 0.717) is 12.3 Å². The smallest absolute Gasteiger partial charge is 0.264 e. The maximum atomic E-state index is 13.9. The number of amides is 1. The molecular weight excluding hydrogens is 460 g/mol. The van der Waals surface area contributed by atoms with E-state index in [2.05, 4.69) is 0 Å². The fourth-order valence-electron chi connectivity index (χ4n) is 3.98. The van der Waals surface area contributed by atoms with Crippen LogP contribution >= 0.6 is 11.6 Å². The molecule has 0 aromatic heterocycles. The van der Waals surface area contributed by atoms with Crippen LogP contribution in [0.15, 0.2) is 77.7 Å². The lowest BCUT2D eigenvalue weighted by Crippen LogP contribution is -2.46. The maximum absolute atomic E-state index is 13.9. The van der Waals surface area contributed by atoms with E-state index in [-0.39, 0.29) is 34.5 Å². The van der Waals surface area contributed by atoms with Crippen LogP contribution in [0.4, 0.5) is 5.69 Å². The molecule has 0 saturated heterocycles. The molecule has 0 bridgehead atoms. The zero-order valence-electron chi connectivity index (χ0n) is 18.4. The Kier molecular flexibility index (Phi) is 6.63. The van der Waals surface area contributed by atoms with Gasteiger partial charge in [-0.15, -0.1) is 11.6 Å². The number of halogens is 1. The quantitative estimate of drug-likeness (QED) is 0.484. The highest BCUT2D eigenvalue weighted by atomic mass is 35.5. The van der Waals surface area contributed by atoms with Crippen LogP contribution < -0.4 is 9.04 Å². The van der Waals surface area contributed by atoms with E-state index in [1.165, 1.54) is 11.4 Å². The summed E-state index contributed by atoms with van der Waals surface area (Å²) in [5.41, 5.74) is 2.45. The number of fused-ring (bicyclic) bond motifs is 1. The Balaban J connectivity index is 1.87. The first kappa shape index (κ1) is 23.1. The number of anilines is 1. The molecule has 3 aromatic rings. The van der Waals surface area contributed by atoms with E-state index >= 15 is 0 Å². The minimum Gasteiger partial charge on any atom is -0.497 e. The van der Waals surface area contributed by atoms with Crippen LogP contribution in [0.3, 0.4) is 0 Å². The van der Waals surface area contributed by atoms with Gasteiger partial charge in [-0.05, 0) is 36.8 Å². The number of ether oxygens (including phenoxy) is 1. The molecule has 1 aliphatic heterocycles. The largest absolute Gasteiger partial charge is 0.497 e. The Morgan fingerprint density at radius 3 is 2.36 bits per heavy atom. The molecule has 1 atom stereocenters. The molecule has 1 heterocycles. The average molecular weight is 485 g/mol. The molecule has 0 radical (unpaired) electrons. The van der Waals surface area contributed by atoms with E-state index in [1.807, 2.05) is 37.3 Å². The van der Waals surface area contributed by atoms with E-state index < -0.39 is 16.1 Å². The van der Waals surface area contributed by atoms with Gasteiger partial charge in [0.1, 0.15) is 5.75 Å². The Bertz CT molecular complexity index is 1250. The van der Waals surface area contributed by atoms with Crippen molar-refractivity contribution >= 4 is 33.2 Å². The number of carbonyl (C=O) groups excluding carboxylic acids is 1. The lowest BCUT2D eigenvalue weighted by molar-refractivity contribution is 0.0744. The standard InChI is InChI=1S/C25H25ClN2O4S/c1-18-8-11-22(12-9-18)33(30,31)28-20(15-26)17-27(16-19-6-4-3-5-7-19)25(29)23-13-10-21(32-2)14-24(23)28/h3-14,20H,15-17H2,1-2H3/t20-/m0/s1. The summed E-state index contributed by atoms with van der Waals surface area (Å²) in [5, 5.41) is 0. The number of carbonyl (C=O) groups is 1. The second kappa shape index (κ2) is 9.45. The minimum absolute atomic E-state index is 0.0142. The average Bonchev–Trinajstić information content (AvgIpc) is 2.94. The molecule has 1 amide bonds. The molecule has 0 fully saturated rings. The molecule has 0 unspecified atom stereocenters. The highest BCUT2D eigenvalue weighted by Crippen LogP contribution is 2.36. The van der Waals surface area contributed by atoms with Gasteiger partial charge in [0.15, 0.2) is 0 Å². The van der Waals surface area contributed by atoms with E-state index in [9.17, 15) is 13.2 Å². The molecule has 0 aliphatic carbocycles. The molecule has 0 N–H and O–H groups in total. The first-order valence-electron chi connectivity index (χ1n) is 10.5. The maximum Gasteiger partial charge on any atom is 0.264 e. The summed E-state index contributed by atoms with van der Waals surface area (Å²) in [5.74, 6) is 0.212. The Morgan fingerprint density at radius 2 is 1.73 bits per heavy atom. The first-order valence-corrected chi connectivity index (χ1v) is 12.5. The van der Waals surface area contributed by atoms with Crippen LogP contribution in [0.2, 0.25) is 0 Å². The molecule has 8 heteroatoms. The second-order valence-corrected chi connectivity index (χ2v) is 10.1. The van der Waals surface area contributed by atoms with Gasteiger partial charge in [-0.3, -0.25) is 9.10 Å². The van der Waals surface area contributed by atoms with Crippen molar-refractivity contribution in [2.24, 2.45) is 0 Å². The van der Waals surface area contributed by atoms with Crippen LogP contribution in [0.1, 0.15) is 21.5 Å². The van der Waals surface area contributed by atoms with Gasteiger partial charge in [-0.25, -0.2) is 8.42 Å². The number of hydrogen-bond acceptors (Lipinski definition) is 4. The van der Waals surface area contributed by atoms with Crippen molar-refractivity contribution in [1.82, 2.24) is 4.90 Å². The van der Waals surface area contributed by atoms with Gasteiger partial charge < -0.3 is 9.64 Å². The third-order valence-corrected chi connectivity index (χ3v) is 7.93. The van der Waals surface area contributed by atoms with Crippen molar-refractivity contribution in [3.8, 4) is 5.75 Å². The summed E-state index contributed by atoms with van der Waals surface area (Å²) in [6.45, 7) is 2.39. The normalized spacial score (nSPS) is 16.3. The van der Waals surface area contributed by atoms with Gasteiger partial charge in [0.2, 0.25) is 0 Å². The minimum atomic E-state index is -4.01. The number of rotatable bonds is 6. The van der Waals surface area contributed by atoms with Crippen molar-refractivity contribution in [1.29, 1.82) is 0 Å². The van der Waals surface area contributed by atoms with E-state index in [0.717, 1.165) is 11.1 Å². The van der Waals surface area contributed by atoms with Gasteiger partial charge in [-0.2, -0.15) is 0 Å². The second-order valence-electron chi connectivity index (χ2n) is 7.98. The number of aryl methyl sites for hydroxylation is 1. The third kappa shape index (κ3) is 4.56. The predicted molar refractivity (Wildman–Crippen MR) is 130 cm³/mol. The summed E-state index contributed by atoms with van der Waals surface area (Å²) in [6, 6.07) is 20.4. The van der Waals surface area contributed by atoms with Crippen molar-refractivity contribution in [2.75, 3.05) is 23.8 Å². The van der Waals surface area contributed by atoms with Crippen LogP contribution in [-0.2, 0) is 16.6 Å². The first-order chi connectivity index (χ1) is 15.8. The number of nitrogens with zero attached hydrogens (tertiary/aromatic N) is 2. The van der Waals surface area contributed by atoms with E-state index in [4.69, 9.17) is 16.3 Å². The van der Waals surface area contributed by atoms with Crippen LogP contribution in [-0.4, -0.2) is 44.8 Å². The Labute approximate surface area is 199 Å². The summed E-state index contributed by atoms with van der Waals surface area (Å²) in [7, 11) is -2.51. The van der Waals surface area contributed by atoms with Crippen molar-refractivity contribution in [3.63, 3.8) is 0 Å². The summed E-state index contributed by atoms with van der Waals surface area (Å²) >= 11 is 6.35. The van der Waals surface area contributed by atoms with Crippen molar-refractivity contribution in [2.45, 2.75) is 24.4 Å². The molecule has 0 spiro atoms. The van der Waals surface area contributed by atoms with Crippen molar-refractivity contribution < 1.29 is 17.9 Å². The topological polar surface area (TPSA) is 66.9 Å². The zero-order chi connectivity index (χ0) is 23.6. The highest BCUT2D eigenvalue weighted by Gasteiger charge is 2.39. The van der Waals surface area contributed by atoms with Gasteiger partial charge in [-0.1, -0.05) is 48.0 Å². The SMILES string of the molecule is COc1ccc2c(c1)N(S(=O)(=O)c1ccc(C)cc1)[C@@H](CCl)CN(Cc1ccccc1)C2=O. The number of hydrogen-bond donors (Lipinski definition) is 0. The molecule has 6 nitrogen and oxygen atoms in total. The van der Waals surface area contributed by atoms with Crippen LogP contribution in [0, 0.1) is 6.92 Å². The zero-order valence-corrected chi connectivity index (χ0v) is 20.0. The Morgan fingerprint density at radius 1 is 1.03 bits per heavy atom. The third-order valence-electron chi connectivity index (χ3n) is 5.69. The molecule has 1 aliphatic rings. The van der Waals surface area contributed by atoms with Crippen LogP contribution in [0.5, 0.6) is 5.75 Å².